The molecule has 0 aromatic heterocycles. The highest BCUT2D eigenvalue weighted by Gasteiger charge is 2.26. The molecular weight excluding hydrogens is 172 g/mol. The molecule has 74 valence electrons. The first-order valence-corrected chi connectivity index (χ1v) is 5.19. The molecule has 2 atom stereocenters. The zero-order valence-corrected chi connectivity index (χ0v) is 8.32. The summed E-state index contributed by atoms with van der Waals surface area (Å²) in [5, 5.41) is 10.1. The largest absolute Gasteiger partial charge is 0.388 e. The van der Waals surface area contributed by atoms with Crippen LogP contribution in [0.3, 0.4) is 0 Å². The zero-order chi connectivity index (χ0) is 9.97. The SMILES string of the molecule is C=CCC1CCc2ccccc2C1O. The van der Waals surface area contributed by atoms with Crippen molar-refractivity contribution < 1.29 is 5.11 Å². The van der Waals surface area contributed by atoms with E-state index in [-0.39, 0.29) is 6.10 Å². The van der Waals surface area contributed by atoms with Crippen LogP contribution in [0.25, 0.3) is 0 Å². The summed E-state index contributed by atoms with van der Waals surface area (Å²) in [5.41, 5.74) is 2.42. The Morgan fingerprint density at radius 3 is 3.00 bits per heavy atom. The van der Waals surface area contributed by atoms with Gasteiger partial charge in [-0.1, -0.05) is 30.3 Å². The van der Waals surface area contributed by atoms with Crippen molar-refractivity contribution in [2.45, 2.75) is 25.4 Å². The first kappa shape index (κ1) is 9.47. The van der Waals surface area contributed by atoms with Crippen molar-refractivity contribution in [1.29, 1.82) is 0 Å². The molecule has 0 heterocycles. The molecule has 0 radical (unpaired) electrons. The van der Waals surface area contributed by atoms with E-state index in [1.54, 1.807) is 0 Å². The topological polar surface area (TPSA) is 20.2 Å². The van der Waals surface area contributed by atoms with Crippen LogP contribution < -0.4 is 0 Å². The summed E-state index contributed by atoms with van der Waals surface area (Å²) in [4.78, 5) is 0. The fraction of sp³-hybridized carbons (Fsp3) is 0.385. The first-order chi connectivity index (χ1) is 6.83. The summed E-state index contributed by atoms with van der Waals surface area (Å²) < 4.78 is 0. The molecule has 0 fully saturated rings. The molecule has 2 unspecified atom stereocenters. The van der Waals surface area contributed by atoms with Crippen molar-refractivity contribution in [3.63, 3.8) is 0 Å². The second kappa shape index (κ2) is 3.97. The lowest BCUT2D eigenvalue weighted by Gasteiger charge is -2.29. The minimum absolute atomic E-state index is 0.294. The van der Waals surface area contributed by atoms with Crippen LogP contribution in [-0.2, 0) is 6.42 Å². The Bertz CT molecular complexity index is 330. The highest BCUT2D eigenvalue weighted by molar-refractivity contribution is 5.31. The second-order valence-electron chi connectivity index (χ2n) is 3.97. The minimum atomic E-state index is -0.294. The molecule has 1 aliphatic rings. The Morgan fingerprint density at radius 2 is 2.21 bits per heavy atom. The van der Waals surface area contributed by atoms with E-state index in [1.807, 2.05) is 24.3 Å². The summed E-state index contributed by atoms with van der Waals surface area (Å²) in [6.07, 6.45) is 4.69. The average molecular weight is 188 g/mol. The third-order valence-corrected chi connectivity index (χ3v) is 3.07. The fourth-order valence-electron chi connectivity index (χ4n) is 2.26. The number of fused-ring (bicyclic) bond motifs is 1. The second-order valence-corrected chi connectivity index (χ2v) is 3.97. The number of allylic oxidation sites excluding steroid dienone is 1. The Kier molecular flexibility index (Phi) is 2.69. The third kappa shape index (κ3) is 1.60. The van der Waals surface area contributed by atoms with Gasteiger partial charge in [0.1, 0.15) is 0 Å². The number of benzene rings is 1. The molecule has 0 spiro atoms. The van der Waals surface area contributed by atoms with Crippen molar-refractivity contribution >= 4 is 0 Å². The first-order valence-electron chi connectivity index (χ1n) is 5.19. The van der Waals surface area contributed by atoms with Gasteiger partial charge in [0, 0.05) is 0 Å². The van der Waals surface area contributed by atoms with Crippen LogP contribution in [0.5, 0.6) is 0 Å². The standard InChI is InChI=1S/C13H16O/c1-2-5-11-9-8-10-6-3-4-7-12(10)13(11)14/h2-4,6-7,11,13-14H,1,5,8-9H2. The number of aryl methyl sites for hydroxylation is 1. The van der Waals surface area contributed by atoms with Crippen molar-refractivity contribution in [3.8, 4) is 0 Å². The van der Waals surface area contributed by atoms with E-state index < -0.39 is 0 Å². The number of aliphatic hydroxyl groups excluding tert-OH is 1. The maximum atomic E-state index is 10.1. The lowest BCUT2D eigenvalue weighted by Crippen LogP contribution is -2.19. The van der Waals surface area contributed by atoms with Gasteiger partial charge in [-0.2, -0.15) is 0 Å². The predicted molar refractivity (Wildman–Crippen MR) is 58.0 cm³/mol. The van der Waals surface area contributed by atoms with Crippen LogP contribution in [-0.4, -0.2) is 5.11 Å². The van der Waals surface area contributed by atoms with E-state index in [0.29, 0.717) is 5.92 Å². The molecule has 1 nitrogen and oxygen atoms in total. The lowest BCUT2D eigenvalue weighted by atomic mass is 9.80. The number of hydrogen-bond donors (Lipinski definition) is 1. The van der Waals surface area contributed by atoms with Crippen molar-refractivity contribution in [1.82, 2.24) is 0 Å². The molecule has 1 aromatic rings. The molecular formula is C13H16O. The van der Waals surface area contributed by atoms with Crippen LogP contribution in [0.4, 0.5) is 0 Å². The van der Waals surface area contributed by atoms with E-state index in [1.165, 1.54) is 5.56 Å². The highest BCUT2D eigenvalue weighted by Crippen LogP contribution is 2.35. The summed E-state index contributed by atoms with van der Waals surface area (Å²) in [6, 6.07) is 8.19. The van der Waals surface area contributed by atoms with Gasteiger partial charge in [-0.25, -0.2) is 0 Å². The van der Waals surface area contributed by atoms with Gasteiger partial charge in [-0.05, 0) is 36.3 Å². The van der Waals surface area contributed by atoms with Gasteiger partial charge in [-0.3, -0.25) is 0 Å². The summed E-state index contributed by atoms with van der Waals surface area (Å²) in [5.74, 6) is 0.363. The maximum Gasteiger partial charge on any atom is 0.0823 e. The molecule has 14 heavy (non-hydrogen) atoms. The fourth-order valence-corrected chi connectivity index (χ4v) is 2.26. The van der Waals surface area contributed by atoms with Gasteiger partial charge in [0.05, 0.1) is 6.10 Å². The average Bonchev–Trinajstić information content (AvgIpc) is 2.23. The van der Waals surface area contributed by atoms with Crippen LogP contribution in [0.15, 0.2) is 36.9 Å². The van der Waals surface area contributed by atoms with Crippen LogP contribution in [0.2, 0.25) is 0 Å². The Labute approximate surface area is 85.1 Å². The molecule has 1 aliphatic carbocycles. The highest BCUT2D eigenvalue weighted by atomic mass is 16.3. The van der Waals surface area contributed by atoms with Crippen molar-refractivity contribution in [2.75, 3.05) is 0 Å². The summed E-state index contributed by atoms with van der Waals surface area (Å²) in [7, 11) is 0. The Morgan fingerprint density at radius 1 is 1.43 bits per heavy atom. The minimum Gasteiger partial charge on any atom is -0.388 e. The molecule has 2 rings (SSSR count). The van der Waals surface area contributed by atoms with Gasteiger partial charge in [-0.15, -0.1) is 6.58 Å². The molecule has 1 heteroatoms. The quantitative estimate of drug-likeness (QED) is 0.707. The van der Waals surface area contributed by atoms with E-state index in [9.17, 15) is 5.11 Å². The van der Waals surface area contributed by atoms with Crippen molar-refractivity contribution in [2.24, 2.45) is 5.92 Å². The monoisotopic (exact) mass is 188 g/mol. The lowest BCUT2D eigenvalue weighted by molar-refractivity contribution is 0.0952. The molecule has 1 aromatic carbocycles. The van der Waals surface area contributed by atoms with E-state index in [0.717, 1.165) is 24.8 Å². The predicted octanol–water partition coefficient (Wildman–Crippen LogP) is 2.86. The van der Waals surface area contributed by atoms with Gasteiger partial charge >= 0.3 is 0 Å². The number of aliphatic hydroxyl groups is 1. The smallest absolute Gasteiger partial charge is 0.0823 e. The molecule has 0 saturated carbocycles. The van der Waals surface area contributed by atoms with Gasteiger partial charge in [0.15, 0.2) is 0 Å². The Hall–Kier alpha value is -1.08. The van der Waals surface area contributed by atoms with Crippen LogP contribution >= 0.6 is 0 Å². The van der Waals surface area contributed by atoms with E-state index in [4.69, 9.17) is 0 Å². The molecule has 0 bridgehead atoms. The molecule has 0 aliphatic heterocycles. The molecule has 0 amide bonds. The molecule has 0 saturated heterocycles. The summed E-state index contributed by atoms with van der Waals surface area (Å²) >= 11 is 0. The van der Waals surface area contributed by atoms with Crippen LogP contribution in [0.1, 0.15) is 30.1 Å². The summed E-state index contributed by atoms with van der Waals surface area (Å²) in [6.45, 7) is 3.73. The third-order valence-electron chi connectivity index (χ3n) is 3.07. The van der Waals surface area contributed by atoms with Gasteiger partial charge in [0.25, 0.3) is 0 Å². The van der Waals surface area contributed by atoms with E-state index in [2.05, 4.69) is 12.6 Å². The van der Waals surface area contributed by atoms with Gasteiger partial charge in [0.2, 0.25) is 0 Å². The number of rotatable bonds is 2. The van der Waals surface area contributed by atoms with Crippen molar-refractivity contribution in [3.05, 3.63) is 48.0 Å². The van der Waals surface area contributed by atoms with Crippen LogP contribution in [0, 0.1) is 5.92 Å². The Balaban J connectivity index is 2.26. The van der Waals surface area contributed by atoms with Gasteiger partial charge < -0.3 is 5.11 Å². The molecule has 1 N–H and O–H groups in total. The number of hydrogen-bond acceptors (Lipinski definition) is 1. The zero-order valence-electron chi connectivity index (χ0n) is 8.32. The normalized spacial score (nSPS) is 25.5. The maximum absolute atomic E-state index is 10.1. The van der Waals surface area contributed by atoms with E-state index >= 15 is 0 Å².